The van der Waals surface area contributed by atoms with Crippen LogP contribution in [0.2, 0.25) is 0 Å². The average Bonchev–Trinajstić information content (AvgIpc) is 2.30. The van der Waals surface area contributed by atoms with Crippen molar-refractivity contribution in [2.75, 3.05) is 26.4 Å². The molecule has 0 rings (SSSR count). The minimum absolute atomic E-state index is 0.0570. The number of hydrogen-bond donors (Lipinski definition) is 2. The molecular formula is C12H24N2O4. The molecule has 0 spiro atoms. The van der Waals surface area contributed by atoms with Crippen molar-refractivity contribution in [3.63, 3.8) is 0 Å². The van der Waals surface area contributed by atoms with Gasteiger partial charge >= 0.3 is 6.09 Å². The number of carbonyl (C=O) groups is 2. The lowest BCUT2D eigenvalue weighted by Crippen LogP contribution is -2.40. The molecule has 2 amide bonds. The molecule has 6 nitrogen and oxygen atoms in total. The van der Waals surface area contributed by atoms with Gasteiger partial charge in [-0.05, 0) is 20.8 Å². The molecule has 0 aromatic heterocycles. The lowest BCUT2D eigenvalue weighted by molar-refractivity contribution is -0.120. The van der Waals surface area contributed by atoms with Crippen LogP contribution < -0.4 is 10.6 Å². The smallest absolute Gasteiger partial charge is 0.407 e. The summed E-state index contributed by atoms with van der Waals surface area (Å²) in [4.78, 5) is 22.5. The Balaban J connectivity index is 3.62. The van der Waals surface area contributed by atoms with Crippen LogP contribution in [0.1, 0.15) is 27.7 Å². The minimum atomic E-state index is -0.586. The SMILES string of the molecule is CCOCC(C)COC(=O)NCC(=O)NC(C)C. The van der Waals surface area contributed by atoms with Gasteiger partial charge in [-0.15, -0.1) is 0 Å². The van der Waals surface area contributed by atoms with Crippen molar-refractivity contribution < 1.29 is 19.1 Å². The molecule has 106 valence electrons. The first-order chi connectivity index (χ1) is 8.45. The Hall–Kier alpha value is -1.30. The molecule has 1 unspecified atom stereocenters. The summed E-state index contributed by atoms with van der Waals surface area (Å²) in [5.74, 6) is -0.0931. The van der Waals surface area contributed by atoms with Gasteiger partial charge in [0.1, 0.15) is 6.54 Å². The fourth-order valence-corrected chi connectivity index (χ4v) is 1.16. The van der Waals surface area contributed by atoms with E-state index < -0.39 is 6.09 Å². The fraction of sp³-hybridized carbons (Fsp3) is 0.833. The normalized spacial score (nSPS) is 12.1. The quantitative estimate of drug-likeness (QED) is 0.680. The zero-order valence-corrected chi connectivity index (χ0v) is 11.6. The molecule has 0 fully saturated rings. The number of ether oxygens (including phenoxy) is 2. The van der Waals surface area contributed by atoms with Crippen LogP contribution in [0.15, 0.2) is 0 Å². The van der Waals surface area contributed by atoms with Crippen LogP contribution in [0.4, 0.5) is 4.79 Å². The van der Waals surface area contributed by atoms with Crippen LogP contribution in [0, 0.1) is 5.92 Å². The van der Waals surface area contributed by atoms with Gasteiger partial charge in [0.15, 0.2) is 0 Å². The van der Waals surface area contributed by atoms with E-state index in [0.29, 0.717) is 13.2 Å². The Kier molecular flexibility index (Phi) is 9.00. The second kappa shape index (κ2) is 9.70. The van der Waals surface area contributed by atoms with E-state index in [1.807, 2.05) is 27.7 Å². The zero-order chi connectivity index (χ0) is 14.0. The summed E-state index contributed by atoms with van der Waals surface area (Å²) in [6, 6.07) is 0.0570. The summed E-state index contributed by atoms with van der Waals surface area (Å²) >= 11 is 0. The highest BCUT2D eigenvalue weighted by molar-refractivity contribution is 5.82. The molecule has 0 aromatic rings. The highest BCUT2D eigenvalue weighted by atomic mass is 16.5. The van der Waals surface area contributed by atoms with Crippen molar-refractivity contribution in [3.8, 4) is 0 Å². The van der Waals surface area contributed by atoms with E-state index in [0.717, 1.165) is 0 Å². The molecule has 1 atom stereocenters. The number of amides is 2. The standard InChI is InChI=1S/C12H24N2O4/c1-5-17-7-10(4)8-18-12(16)13-6-11(15)14-9(2)3/h9-10H,5-8H2,1-4H3,(H,13,16)(H,14,15). The third kappa shape index (κ3) is 9.89. The Morgan fingerprint density at radius 2 is 1.83 bits per heavy atom. The zero-order valence-electron chi connectivity index (χ0n) is 11.6. The molecule has 0 saturated carbocycles. The van der Waals surface area contributed by atoms with Gasteiger partial charge in [0.05, 0.1) is 13.2 Å². The maximum absolute atomic E-state index is 11.3. The van der Waals surface area contributed by atoms with Gasteiger partial charge in [-0.25, -0.2) is 4.79 Å². The number of nitrogens with one attached hydrogen (secondary N) is 2. The highest BCUT2D eigenvalue weighted by Gasteiger charge is 2.09. The van der Waals surface area contributed by atoms with Gasteiger partial charge in [0, 0.05) is 18.6 Å². The van der Waals surface area contributed by atoms with E-state index in [1.54, 1.807) is 0 Å². The monoisotopic (exact) mass is 260 g/mol. The molecule has 0 bridgehead atoms. The molecular weight excluding hydrogens is 236 g/mol. The Morgan fingerprint density at radius 3 is 2.39 bits per heavy atom. The predicted octanol–water partition coefficient (Wildman–Crippen LogP) is 0.910. The molecule has 0 aliphatic heterocycles. The minimum Gasteiger partial charge on any atom is -0.449 e. The van der Waals surface area contributed by atoms with Gasteiger partial charge in [-0.3, -0.25) is 4.79 Å². The van der Waals surface area contributed by atoms with E-state index >= 15 is 0 Å². The molecule has 2 N–H and O–H groups in total. The van der Waals surface area contributed by atoms with Crippen LogP contribution >= 0.6 is 0 Å². The Bertz CT molecular complexity index is 256. The maximum atomic E-state index is 11.3. The summed E-state index contributed by atoms with van der Waals surface area (Å²) < 4.78 is 10.1. The number of carbonyl (C=O) groups excluding carboxylic acids is 2. The van der Waals surface area contributed by atoms with Crippen LogP contribution in [0.25, 0.3) is 0 Å². The van der Waals surface area contributed by atoms with Crippen LogP contribution in [0.5, 0.6) is 0 Å². The van der Waals surface area contributed by atoms with Crippen molar-refractivity contribution >= 4 is 12.0 Å². The lowest BCUT2D eigenvalue weighted by Gasteiger charge is -2.13. The Labute approximate surface area is 108 Å². The van der Waals surface area contributed by atoms with Crippen molar-refractivity contribution in [3.05, 3.63) is 0 Å². The van der Waals surface area contributed by atoms with Crippen molar-refractivity contribution in [1.82, 2.24) is 10.6 Å². The molecule has 0 radical (unpaired) electrons. The maximum Gasteiger partial charge on any atom is 0.407 e. The first-order valence-corrected chi connectivity index (χ1v) is 6.23. The van der Waals surface area contributed by atoms with Gasteiger partial charge < -0.3 is 20.1 Å². The van der Waals surface area contributed by atoms with Crippen LogP contribution in [-0.2, 0) is 14.3 Å². The van der Waals surface area contributed by atoms with Crippen molar-refractivity contribution in [2.45, 2.75) is 33.7 Å². The summed E-state index contributed by atoms with van der Waals surface area (Å²) in [5.41, 5.74) is 0. The lowest BCUT2D eigenvalue weighted by atomic mass is 10.2. The molecule has 0 saturated heterocycles. The molecule has 0 aliphatic rings. The summed E-state index contributed by atoms with van der Waals surface area (Å²) in [7, 11) is 0. The third-order valence-corrected chi connectivity index (χ3v) is 1.95. The molecule has 0 heterocycles. The largest absolute Gasteiger partial charge is 0.449 e. The van der Waals surface area contributed by atoms with E-state index in [-0.39, 0.29) is 31.0 Å². The van der Waals surface area contributed by atoms with E-state index in [9.17, 15) is 9.59 Å². The number of hydrogen-bond acceptors (Lipinski definition) is 4. The molecule has 18 heavy (non-hydrogen) atoms. The first-order valence-electron chi connectivity index (χ1n) is 6.23. The van der Waals surface area contributed by atoms with E-state index in [1.165, 1.54) is 0 Å². The van der Waals surface area contributed by atoms with Gasteiger partial charge in [0.25, 0.3) is 0 Å². The number of rotatable bonds is 8. The van der Waals surface area contributed by atoms with Gasteiger partial charge in [0.2, 0.25) is 5.91 Å². The first kappa shape index (κ1) is 16.7. The predicted molar refractivity (Wildman–Crippen MR) is 68.3 cm³/mol. The summed E-state index contributed by atoms with van der Waals surface area (Å²) in [6.45, 7) is 8.94. The Morgan fingerprint density at radius 1 is 1.17 bits per heavy atom. The fourth-order valence-electron chi connectivity index (χ4n) is 1.16. The van der Waals surface area contributed by atoms with Gasteiger partial charge in [-0.2, -0.15) is 0 Å². The highest BCUT2D eigenvalue weighted by Crippen LogP contribution is 1.96. The summed E-state index contributed by atoms with van der Waals surface area (Å²) in [5, 5.41) is 5.05. The molecule has 0 aromatic carbocycles. The van der Waals surface area contributed by atoms with Gasteiger partial charge in [-0.1, -0.05) is 6.92 Å². The van der Waals surface area contributed by atoms with E-state index in [4.69, 9.17) is 9.47 Å². The number of alkyl carbamates (subject to hydrolysis) is 1. The second-order valence-electron chi connectivity index (χ2n) is 4.44. The molecule has 6 heteroatoms. The average molecular weight is 260 g/mol. The molecule has 0 aliphatic carbocycles. The van der Waals surface area contributed by atoms with Crippen LogP contribution in [-0.4, -0.2) is 44.4 Å². The third-order valence-electron chi connectivity index (χ3n) is 1.95. The summed E-state index contributed by atoms with van der Waals surface area (Å²) in [6.07, 6.45) is -0.586. The van der Waals surface area contributed by atoms with Crippen molar-refractivity contribution in [2.24, 2.45) is 5.92 Å². The van der Waals surface area contributed by atoms with Crippen LogP contribution in [0.3, 0.4) is 0 Å². The van der Waals surface area contributed by atoms with Crippen molar-refractivity contribution in [1.29, 1.82) is 0 Å². The van der Waals surface area contributed by atoms with E-state index in [2.05, 4.69) is 10.6 Å². The second-order valence-corrected chi connectivity index (χ2v) is 4.44. The topological polar surface area (TPSA) is 76.7 Å².